The van der Waals surface area contributed by atoms with E-state index in [1.54, 1.807) is 20.1 Å². The number of para-hydroxylation sites is 1. The molecule has 1 saturated heterocycles. The quantitative estimate of drug-likeness (QED) is 0.581. The molecule has 1 N–H and O–H groups in total. The van der Waals surface area contributed by atoms with Gasteiger partial charge < -0.3 is 10.1 Å². The number of benzene rings is 2. The van der Waals surface area contributed by atoms with Gasteiger partial charge in [0.1, 0.15) is 5.75 Å². The number of nitro groups is 1. The molecule has 0 radical (unpaired) electrons. The number of ether oxygens (including phenoxy) is 1. The summed E-state index contributed by atoms with van der Waals surface area (Å²) in [4.78, 5) is 10.5. The Balaban J connectivity index is 0.00000280. The van der Waals surface area contributed by atoms with Gasteiger partial charge in [-0.1, -0.05) is 18.2 Å². The Morgan fingerprint density at radius 3 is 2.61 bits per heavy atom. The van der Waals surface area contributed by atoms with Crippen LogP contribution in [-0.2, 0) is 10.0 Å². The molecule has 0 spiro atoms. The van der Waals surface area contributed by atoms with E-state index in [4.69, 9.17) is 4.74 Å². The molecule has 0 saturated carbocycles. The Morgan fingerprint density at radius 2 is 1.96 bits per heavy atom. The average molecular weight is 428 g/mol. The van der Waals surface area contributed by atoms with Gasteiger partial charge in [-0.2, -0.15) is 4.31 Å². The molecule has 28 heavy (non-hydrogen) atoms. The molecule has 10 heteroatoms. The monoisotopic (exact) mass is 427 g/mol. The summed E-state index contributed by atoms with van der Waals surface area (Å²) in [7, 11) is -2.29. The molecule has 1 heterocycles. The predicted molar refractivity (Wildman–Crippen MR) is 108 cm³/mol. The van der Waals surface area contributed by atoms with Gasteiger partial charge in [0.05, 0.1) is 23.0 Å². The van der Waals surface area contributed by atoms with E-state index in [1.807, 2.05) is 18.2 Å². The molecule has 3 rings (SSSR count). The number of nitrogens with one attached hydrogen (secondary N) is 1. The molecule has 1 atom stereocenters. The standard InChI is InChI=1S/C18H21N3O5S.ClH/c1-13-11-14(21(22)23)7-8-18(13)27(24,25)20-10-9-19-12-16(20)15-5-3-4-6-17(15)26-2;/h3-8,11,16,19H,9-10,12H2,1-2H3;1H. The van der Waals surface area contributed by atoms with Crippen molar-refractivity contribution in [2.45, 2.75) is 17.9 Å². The second-order valence-electron chi connectivity index (χ2n) is 6.28. The first-order chi connectivity index (χ1) is 12.9. The minimum absolute atomic E-state index is 0. The molecular weight excluding hydrogens is 406 g/mol. The lowest BCUT2D eigenvalue weighted by Crippen LogP contribution is -2.48. The number of sulfonamides is 1. The van der Waals surface area contributed by atoms with Crippen LogP contribution in [0.5, 0.6) is 5.75 Å². The largest absolute Gasteiger partial charge is 0.496 e. The van der Waals surface area contributed by atoms with Crippen molar-refractivity contribution < 1.29 is 18.1 Å². The van der Waals surface area contributed by atoms with E-state index in [2.05, 4.69) is 5.32 Å². The van der Waals surface area contributed by atoms with E-state index >= 15 is 0 Å². The van der Waals surface area contributed by atoms with Crippen molar-refractivity contribution in [1.82, 2.24) is 9.62 Å². The number of aryl methyl sites for hydroxylation is 1. The van der Waals surface area contributed by atoms with Crippen LogP contribution in [0.25, 0.3) is 0 Å². The number of methoxy groups -OCH3 is 1. The maximum Gasteiger partial charge on any atom is 0.269 e. The number of rotatable bonds is 5. The minimum Gasteiger partial charge on any atom is -0.496 e. The van der Waals surface area contributed by atoms with Gasteiger partial charge in [-0.3, -0.25) is 10.1 Å². The number of non-ortho nitro benzene ring substituents is 1. The molecule has 8 nitrogen and oxygen atoms in total. The Morgan fingerprint density at radius 1 is 1.25 bits per heavy atom. The van der Waals surface area contributed by atoms with E-state index < -0.39 is 21.0 Å². The zero-order valence-electron chi connectivity index (χ0n) is 15.5. The summed E-state index contributed by atoms with van der Waals surface area (Å²) in [6.07, 6.45) is 0. The number of nitrogens with zero attached hydrogens (tertiary/aromatic N) is 2. The van der Waals surface area contributed by atoms with Crippen molar-refractivity contribution in [2.75, 3.05) is 26.7 Å². The first-order valence-electron chi connectivity index (χ1n) is 8.47. The van der Waals surface area contributed by atoms with Gasteiger partial charge in [-0.25, -0.2) is 8.42 Å². The molecule has 1 aliphatic heterocycles. The van der Waals surface area contributed by atoms with Crippen molar-refractivity contribution in [3.63, 3.8) is 0 Å². The lowest BCUT2D eigenvalue weighted by molar-refractivity contribution is -0.385. The van der Waals surface area contributed by atoms with Gasteiger partial charge in [0.2, 0.25) is 10.0 Å². The number of hydrogen-bond donors (Lipinski definition) is 1. The van der Waals surface area contributed by atoms with Crippen LogP contribution >= 0.6 is 12.4 Å². The lowest BCUT2D eigenvalue weighted by atomic mass is 10.0. The third-order valence-electron chi connectivity index (χ3n) is 4.65. The van der Waals surface area contributed by atoms with E-state index in [1.165, 1.54) is 22.5 Å². The van der Waals surface area contributed by atoms with Gasteiger partial charge in [-0.15, -0.1) is 12.4 Å². The summed E-state index contributed by atoms with van der Waals surface area (Å²) >= 11 is 0. The molecule has 2 aromatic carbocycles. The van der Waals surface area contributed by atoms with Crippen molar-refractivity contribution in [3.05, 3.63) is 63.7 Å². The Labute approximate surface area is 170 Å². The molecule has 1 unspecified atom stereocenters. The zero-order chi connectivity index (χ0) is 19.6. The summed E-state index contributed by atoms with van der Waals surface area (Å²) in [5, 5.41) is 14.2. The summed E-state index contributed by atoms with van der Waals surface area (Å²) in [5.74, 6) is 0.617. The van der Waals surface area contributed by atoms with Gasteiger partial charge in [-0.05, 0) is 24.6 Å². The van der Waals surface area contributed by atoms with Crippen LogP contribution in [0, 0.1) is 17.0 Å². The highest BCUT2D eigenvalue weighted by Crippen LogP contribution is 2.35. The van der Waals surface area contributed by atoms with Crippen LogP contribution in [-0.4, -0.2) is 44.4 Å². The lowest BCUT2D eigenvalue weighted by Gasteiger charge is -2.36. The van der Waals surface area contributed by atoms with Gasteiger partial charge >= 0.3 is 0 Å². The van der Waals surface area contributed by atoms with Crippen LogP contribution in [0.4, 0.5) is 5.69 Å². The molecule has 152 valence electrons. The van der Waals surface area contributed by atoms with E-state index in [9.17, 15) is 18.5 Å². The number of halogens is 1. The Bertz CT molecular complexity index is 967. The number of piperazine rings is 1. The maximum absolute atomic E-state index is 13.4. The highest BCUT2D eigenvalue weighted by Gasteiger charge is 2.36. The fourth-order valence-electron chi connectivity index (χ4n) is 3.34. The SMILES string of the molecule is COc1ccccc1C1CNCCN1S(=O)(=O)c1ccc([N+](=O)[O-])cc1C.Cl. The number of hydrogen-bond acceptors (Lipinski definition) is 6. The molecule has 0 aliphatic carbocycles. The van der Waals surface area contributed by atoms with Gasteiger partial charge in [0, 0.05) is 37.3 Å². The molecular formula is C18H22ClN3O5S. The van der Waals surface area contributed by atoms with Crippen LogP contribution < -0.4 is 10.1 Å². The summed E-state index contributed by atoms with van der Waals surface area (Å²) in [6, 6.07) is 10.7. The van der Waals surface area contributed by atoms with Crippen LogP contribution in [0.1, 0.15) is 17.2 Å². The Kier molecular flexibility index (Phi) is 7.00. The van der Waals surface area contributed by atoms with Gasteiger partial charge in [0.15, 0.2) is 0 Å². The second-order valence-corrected chi connectivity index (χ2v) is 8.14. The molecule has 0 aromatic heterocycles. The van der Waals surface area contributed by atoms with Crippen LogP contribution in [0.2, 0.25) is 0 Å². The van der Waals surface area contributed by atoms with Crippen molar-refractivity contribution in [1.29, 1.82) is 0 Å². The summed E-state index contributed by atoms with van der Waals surface area (Å²) < 4.78 is 33.6. The third kappa shape index (κ3) is 4.12. The fourth-order valence-corrected chi connectivity index (χ4v) is 5.16. The molecule has 1 fully saturated rings. The molecule has 0 bridgehead atoms. The normalized spacial score (nSPS) is 17.6. The summed E-state index contributed by atoms with van der Waals surface area (Å²) in [5.41, 5.74) is 0.991. The van der Waals surface area contributed by atoms with Gasteiger partial charge in [0.25, 0.3) is 5.69 Å². The topological polar surface area (TPSA) is 102 Å². The number of nitro benzene ring substituents is 1. The van der Waals surface area contributed by atoms with E-state index in [-0.39, 0.29) is 23.0 Å². The van der Waals surface area contributed by atoms with E-state index in [0.717, 1.165) is 5.56 Å². The first-order valence-corrected chi connectivity index (χ1v) is 9.91. The second kappa shape index (κ2) is 8.87. The maximum atomic E-state index is 13.4. The molecule has 2 aromatic rings. The average Bonchev–Trinajstić information content (AvgIpc) is 2.67. The van der Waals surface area contributed by atoms with Crippen molar-refractivity contribution >= 4 is 28.1 Å². The van der Waals surface area contributed by atoms with Crippen molar-refractivity contribution in [2.24, 2.45) is 0 Å². The highest BCUT2D eigenvalue weighted by atomic mass is 35.5. The Hall–Kier alpha value is -2.20. The predicted octanol–water partition coefficient (Wildman–Crippen LogP) is 2.67. The molecule has 1 aliphatic rings. The smallest absolute Gasteiger partial charge is 0.269 e. The van der Waals surface area contributed by atoms with Crippen LogP contribution in [0.3, 0.4) is 0 Å². The van der Waals surface area contributed by atoms with E-state index in [0.29, 0.717) is 30.9 Å². The summed E-state index contributed by atoms with van der Waals surface area (Å²) in [6.45, 7) is 2.84. The zero-order valence-corrected chi connectivity index (χ0v) is 17.1. The third-order valence-corrected chi connectivity index (χ3v) is 6.72. The minimum atomic E-state index is -3.84. The first kappa shape index (κ1) is 22.1. The van der Waals surface area contributed by atoms with Crippen molar-refractivity contribution in [3.8, 4) is 5.75 Å². The van der Waals surface area contributed by atoms with Crippen LogP contribution in [0.15, 0.2) is 47.4 Å². The molecule has 0 amide bonds. The highest BCUT2D eigenvalue weighted by molar-refractivity contribution is 7.89. The fraction of sp³-hybridized carbons (Fsp3) is 0.333.